The standard InChI is InChI=1S/C11H16FN3/c1-8-6-10(13)4-5-15(8)11-3-2-9(12)7-14-11/h2-3,7-8,10H,4-6,13H2,1H3. The second-order valence-electron chi connectivity index (χ2n) is 4.16. The summed E-state index contributed by atoms with van der Waals surface area (Å²) in [5, 5.41) is 0. The second-order valence-corrected chi connectivity index (χ2v) is 4.16. The van der Waals surface area contributed by atoms with Crippen LogP contribution in [0.2, 0.25) is 0 Å². The maximum absolute atomic E-state index is 12.7. The van der Waals surface area contributed by atoms with E-state index in [0.717, 1.165) is 25.2 Å². The van der Waals surface area contributed by atoms with Crippen LogP contribution in [0.3, 0.4) is 0 Å². The Morgan fingerprint density at radius 1 is 1.53 bits per heavy atom. The molecule has 0 radical (unpaired) electrons. The number of pyridine rings is 1. The third-order valence-corrected chi connectivity index (χ3v) is 2.92. The van der Waals surface area contributed by atoms with E-state index in [0.29, 0.717) is 6.04 Å². The van der Waals surface area contributed by atoms with Gasteiger partial charge in [0.25, 0.3) is 0 Å². The predicted octanol–water partition coefficient (Wildman–Crippen LogP) is 1.54. The minimum atomic E-state index is -0.292. The van der Waals surface area contributed by atoms with Crippen molar-refractivity contribution in [3.63, 3.8) is 0 Å². The molecule has 2 rings (SSSR count). The first-order chi connectivity index (χ1) is 7.16. The highest BCUT2D eigenvalue weighted by molar-refractivity contribution is 5.39. The Bertz CT molecular complexity index is 325. The third kappa shape index (κ3) is 2.26. The minimum absolute atomic E-state index is 0.289. The Kier molecular flexibility index (Phi) is 2.86. The quantitative estimate of drug-likeness (QED) is 0.762. The Morgan fingerprint density at radius 2 is 2.33 bits per heavy atom. The van der Waals surface area contributed by atoms with E-state index in [1.165, 1.54) is 12.3 Å². The van der Waals surface area contributed by atoms with Crippen molar-refractivity contribution in [2.75, 3.05) is 11.4 Å². The van der Waals surface area contributed by atoms with Crippen LogP contribution in [-0.2, 0) is 0 Å². The fourth-order valence-corrected chi connectivity index (χ4v) is 2.09. The zero-order valence-electron chi connectivity index (χ0n) is 8.86. The lowest BCUT2D eigenvalue weighted by molar-refractivity contribution is 0.427. The molecule has 82 valence electrons. The average Bonchev–Trinajstić information content (AvgIpc) is 2.20. The molecular weight excluding hydrogens is 193 g/mol. The van der Waals surface area contributed by atoms with Gasteiger partial charge in [0.1, 0.15) is 11.6 Å². The van der Waals surface area contributed by atoms with Crippen LogP contribution < -0.4 is 10.6 Å². The zero-order chi connectivity index (χ0) is 10.8. The number of hydrogen-bond donors (Lipinski definition) is 1. The van der Waals surface area contributed by atoms with Crippen molar-refractivity contribution in [3.05, 3.63) is 24.1 Å². The summed E-state index contributed by atoms with van der Waals surface area (Å²) in [5.41, 5.74) is 5.88. The summed E-state index contributed by atoms with van der Waals surface area (Å²) in [5.74, 6) is 0.552. The van der Waals surface area contributed by atoms with Gasteiger partial charge in [0.05, 0.1) is 6.20 Å². The summed E-state index contributed by atoms with van der Waals surface area (Å²) in [7, 11) is 0. The molecule has 0 amide bonds. The molecule has 1 aromatic heterocycles. The molecule has 1 aliphatic rings. The number of rotatable bonds is 1. The Labute approximate surface area is 89.1 Å². The molecule has 15 heavy (non-hydrogen) atoms. The molecule has 0 saturated carbocycles. The maximum atomic E-state index is 12.7. The third-order valence-electron chi connectivity index (χ3n) is 2.92. The first-order valence-corrected chi connectivity index (χ1v) is 5.30. The zero-order valence-corrected chi connectivity index (χ0v) is 8.86. The fourth-order valence-electron chi connectivity index (χ4n) is 2.09. The molecule has 2 heterocycles. The van der Waals surface area contributed by atoms with Gasteiger partial charge in [-0.05, 0) is 31.9 Å². The SMILES string of the molecule is CC1CC(N)CCN1c1ccc(F)cn1. The van der Waals surface area contributed by atoms with Gasteiger partial charge in [-0.25, -0.2) is 9.37 Å². The number of nitrogens with two attached hydrogens (primary N) is 1. The molecule has 4 heteroatoms. The van der Waals surface area contributed by atoms with E-state index in [4.69, 9.17) is 5.73 Å². The molecule has 1 aliphatic heterocycles. The Balaban J connectivity index is 2.13. The van der Waals surface area contributed by atoms with E-state index in [1.54, 1.807) is 6.07 Å². The fraction of sp³-hybridized carbons (Fsp3) is 0.545. The molecule has 0 aliphatic carbocycles. The highest BCUT2D eigenvalue weighted by Gasteiger charge is 2.23. The van der Waals surface area contributed by atoms with Crippen LogP contribution in [0.4, 0.5) is 10.2 Å². The number of anilines is 1. The monoisotopic (exact) mass is 209 g/mol. The van der Waals surface area contributed by atoms with Gasteiger partial charge in [-0.2, -0.15) is 0 Å². The number of piperidine rings is 1. The van der Waals surface area contributed by atoms with Crippen molar-refractivity contribution >= 4 is 5.82 Å². The molecule has 0 aromatic carbocycles. The smallest absolute Gasteiger partial charge is 0.141 e. The lowest BCUT2D eigenvalue weighted by Crippen LogP contribution is -2.45. The van der Waals surface area contributed by atoms with E-state index in [-0.39, 0.29) is 11.9 Å². The molecule has 0 bridgehead atoms. The molecule has 2 atom stereocenters. The van der Waals surface area contributed by atoms with Crippen molar-refractivity contribution in [2.45, 2.75) is 31.8 Å². The van der Waals surface area contributed by atoms with E-state index in [2.05, 4.69) is 16.8 Å². The first kappa shape index (κ1) is 10.4. The lowest BCUT2D eigenvalue weighted by Gasteiger charge is -2.37. The molecule has 2 N–H and O–H groups in total. The summed E-state index contributed by atoms with van der Waals surface area (Å²) in [6, 6.07) is 3.84. The highest BCUT2D eigenvalue weighted by atomic mass is 19.1. The Hall–Kier alpha value is -1.16. The summed E-state index contributed by atoms with van der Waals surface area (Å²) in [6.45, 7) is 3.03. The lowest BCUT2D eigenvalue weighted by atomic mass is 9.99. The van der Waals surface area contributed by atoms with Gasteiger partial charge < -0.3 is 10.6 Å². The van der Waals surface area contributed by atoms with Crippen molar-refractivity contribution < 1.29 is 4.39 Å². The molecule has 3 nitrogen and oxygen atoms in total. The normalized spacial score (nSPS) is 26.7. The van der Waals surface area contributed by atoms with Crippen molar-refractivity contribution in [2.24, 2.45) is 5.73 Å². The minimum Gasteiger partial charge on any atom is -0.354 e. The topological polar surface area (TPSA) is 42.1 Å². The molecule has 1 aromatic rings. The summed E-state index contributed by atoms with van der Waals surface area (Å²) in [4.78, 5) is 6.27. The van der Waals surface area contributed by atoms with Gasteiger partial charge in [0.15, 0.2) is 0 Å². The number of nitrogens with zero attached hydrogens (tertiary/aromatic N) is 2. The van der Waals surface area contributed by atoms with Crippen LogP contribution in [0.25, 0.3) is 0 Å². The van der Waals surface area contributed by atoms with Crippen molar-refractivity contribution in [3.8, 4) is 0 Å². The van der Waals surface area contributed by atoms with Gasteiger partial charge in [-0.1, -0.05) is 0 Å². The van der Waals surface area contributed by atoms with Crippen molar-refractivity contribution in [1.82, 2.24) is 4.98 Å². The Morgan fingerprint density at radius 3 is 2.93 bits per heavy atom. The van der Waals surface area contributed by atoms with Crippen molar-refractivity contribution in [1.29, 1.82) is 0 Å². The molecular formula is C11H16FN3. The van der Waals surface area contributed by atoms with Crippen LogP contribution in [0, 0.1) is 5.82 Å². The second kappa shape index (κ2) is 4.14. The number of hydrogen-bond acceptors (Lipinski definition) is 3. The van der Waals surface area contributed by atoms with E-state index in [1.807, 2.05) is 0 Å². The summed E-state index contributed by atoms with van der Waals surface area (Å²) in [6.07, 6.45) is 3.21. The first-order valence-electron chi connectivity index (χ1n) is 5.30. The number of aromatic nitrogens is 1. The maximum Gasteiger partial charge on any atom is 0.141 e. The largest absolute Gasteiger partial charge is 0.354 e. The molecule has 1 fully saturated rings. The van der Waals surface area contributed by atoms with Crippen LogP contribution >= 0.6 is 0 Å². The highest BCUT2D eigenvalue weighted by Crippen LogP contribution is 2.22. The summed E-state index contributed by atoms with van der Waals surface area (Å²) < 4.78 is 12.7. The van der Waals surface area contributed by atoms with Gasteiger partial charge in [-0.15, -0.1) is 0 Å². The van der Waals surface area contributed by atoms with Gasteiger partial charge in [0, 0.05) is 18.6 Å². The van der Waals surface area contributed by atoms with E-state index in [9.17, 15) is 4.39 Å². The summed E-state index contributed by atoms with van der Waals surface area (Å²) >= 11 is 0. The van der Waals surface area contributed by atoms with Crippen LogP contribution in [0.1, 0.15) is 19.8 Å². The van der Waals surface area contributed by atoms with Gasteiger partial charge >= 0.3 is 0 Å². The number of halogens is 1. The van der Waals surface area contributed by atoms with E-state index >= 15 is 0 Å². The van der Waals surface area contributed by atoms with Crippen LogP contribution in [0.5, 0.6) is 0 Å². The van der Waals surface area contributed by atoms with Crippen LogP contribution in [0.15, 0.2) is 18.3 Å². The molecule has 1 saturated heterocycles. The predicted molar refractivity (Wildman–Crippen MR) is 58.2 cm³/mol. The van der Waals surface area contributed by atoms with Crippen LogP contribution in [-0.4, -0.2) is 23.6 Å². The van der Waals surface area contributed by atoms with Gasteiger partial charge in [0.2, 0.25) is 0 Å². The molecule has 2 unspecified atom stereocenters. The molecule has 0 spiro atoms. The van der Waals surface area contributed by atoms with E-state index < -0.39 is 0 Å². The average molecular weight is 209 g/mol. The van der Waals surface area contributed by atoms with Gasteiger partial charge in [-0.3, -0.25) is 0 Å².